The first-order chi connectivity index (χ1) is 14.5. The minimum Gasteiger partial charge on any atom is -0.486 e. The molecular weight excluding hydrogens is 378 g/mol. The van der Waals surface area contributed by atoms with Gasteiger partial charge in [0.2, 0.25) is 0 Å². The summed E-state index contributed by atoms with van der Waals surface area (Å²) in [7, 11) is 4.01. The van der Waals surface area contributed by atoms with Crippen LogP contribution in [0.4, 0.5) is 0 Å². The van der Waals surface area contributed by atoms with Crippen LogP contribution in [0.15, 0.2) is 24.4 Å². The Morgan fingerprint density at radius 3 is 2.50 bits per heavy atom. The maximum atomic E-state index is 5.79. The quantitative estimate of drug-likeness (QED) is 0.627. The van der Waals surface area contributed by atoms with Crippen molar-refractivity contribution < 1.29 is 9.47 Å². The summed E-state index contributed by atoms with van der Waals surface area (Å²) in [5, 5.41) is 9.39. The molecule has 158 valence electrons. The van der Waals surface area contributed by atoms with E-state index >= 15 is 0 Å². The van der Waals surface area contributed by atoms with E-state index in [0.717, 1.165) is 41.5 Å². The van der Waals surface area contributed by atoms with E-state index in [2.05, 4.69) is 42.2 Å². The van der Waals surface area contributed by atoms with E-state index in [1.807, 2.05) is 29.5 Å². The van der Waals surface area contributed by atoms with Crippen LogP contribution in [0.1, 0.15) is 35.4 Å². The lowest BCUT2D eigenvalue weighted by Crippen LogP contribution is -2.25. The molecule has 30 heavy (non-hydrogen) atoms. The highest BCUT2D eigenvalue weighted by Gasteiger charge is 2.31. The van der Waals surface area contributed by atoms with Crippen LogP contribution in [0.25, 0.3) is 11.3 Å². The van der Waals surface area contributed by atoms with Gasteiger partial charge >= 0.3 is 0 Å². The molecule has 1 aromatic carbocycles. The largest absolute Gasteiger partial charge is 0.486 e. The number of ether oxygens (including phenoxy) is 2. The number of hydrogen-bond acceptors (Lipinski definition) is 5. The van der Waals surface area contributed by atoms with Gasteiger partial charge in [-0.1, -0.05) is 0 Å². The molecule has 0 bridgehead atoms. The van der Waals surface area contributed by atoms with Gasteiger partial charge in [0, 0.05) is 61.8 Å². The van der Waals surface area contributed by atoms with E-state index in [4.69, 9.17) is 14.6 Å². The molecule has 7 heteroatoms. The summed E-state index contributed by atoms with van der Waals surface area (Å²) < 4.78 is 15.4. The third-order valence-corrected chi connectivity index (χ3v) is 6.18. The third-order valence-electron chi connectivity index (χ3n) is 6.18. The summed E-state index contributed by atoms with van der Waals surface area (Å²) in [6.45, 7) is 7.25. The zero-order chi connectivity index (χ0) is 20.8. The smallest absolute Gasteiger partial charge is 0.162 e. The van der Waals surface area contributed by atoms with Gasteiger partial charge in [-0.25, -0.2) is 0 Å². The van der Waals surface area contributed by atoms with Gasteiger partial charge in [-0.05, 0) is 44.9 Å². The lowest BCUT2D eigenvalue weighted by atomic mass is 10.1. The van der Waals surface area contributed by atoms with Gasteiger partial charge < -0.3 is 9.47 Å². The Morgan fingerprint density at radius 1 is 1.03 bits per heavy atom. The first kappa shape index (κ1) is 19.2. The van der Waals surface area contributed by atoms with E-state index < -0.39 is 0 Å². The van der Waals surface area contributed by atoms with Crippen LogP contribution < -0.4 is 9.47 Å². The topological polar surface area (TPSA) is 57.3 Å². The van der Waals surface area contributed by atoms with Crippen molar-refractivity contribution in [2.24, 2.45) is 14.1 Å². The highest BCUT2D eigenvalue weighted by Crippen LogP contribution is 2.37. The van der Waals surface area contributed by atoms with Crippen LogP contribution in [0.5, 0.6) is 11.5 Å². The Kier molecular flexibility index (Phi) is 4.77. The molecule has 2 aliphatic rings. The number of fused-ring (bicyclic) bond motifs is 1. The zero-order valence-corrected chi connectivity index (χ0v) is 18.2. The molecule has 7 nitrogen and oxygen atoms in total. The normalized spacial score (nSPS) is 15.8. The maximum Gasteiger partial charge on any atom is 0.162 e. The average Bonchev–Trinajstić information content (AvgIpc) is 3.48. The number of benzene rings is 1. The molecule has 0 radical (unpaired) electrons. The van der Waals surface area contributed by atoms with Crippen molar-refractivity contribution in [1.82, 2.24) is 24.5 Å². The molecule has 0 saturated heterocycles. The summed E-state index contributed by atoms with van der Waals surface area (Å²) >= 11 is 0. The van der Waals surface area contributed by atoms with Gasteiger partial charge in [-0.2, -0.15) is 10.2 Å². The van der Waals surface area contributed by atoms with E-state index in [1.165, 1.54) is 29.7 Å². The number of aromatic nitrogens is 4. The second-order valence-corrected chi connectivity index (χ2v) is 8.44. The van der Waals surface area contributed by atoms with Gasteiger partial charge in [0.05, 0.1) is 11.4 Å². The molecule has 0 atom stereocenters. The molecule has 1 aliphatic heterocycles. The molecule has 1 saturated carbocycles. The fourth-order valence-corrected chi connectivity index (χ4v) is 4.31. The summed E-state index contributed by atoms with van der Waals surface area (Å²) in [5.74, 6) is 1.61. The molecule has 5 rings (SSSR count). The minimum absolute atomic E-state index is 0.588. The molecule has 0 unspecified atom stereocenters. The molecule has 0 N–H and O–H groups in total. The molecule has 3 aromatic rings. The molecule has 1 aliphatic carbocycles. The molecular formula is C23H29N5O2. The van der Waals surface area contributed by atoms with Gasteiger partial charge in [0.25, 0.3) is 0 Å². The Labute approximate surface area is 177 Å². The van der Waals surface area contributed by atoms with E-state index in [0.29, 0.717) is 19.3 Å². The first-order valence-electron chi connectivity index (χ1n) is 10.7. The van der Waals surface area contributed by atoms with Gasteiger partial charge in [-0.3, -0.25) is 14.3 Å². The summed E-state index contributed by atoms with van der Waals surface area (Å²) in [6.07, 6.45) is 4.67. The maximum absolute atomic E-state index is 5.79. The van der Waals surface area contributed by atoms with Crippen molar-refractivity contribution in [1.29, 1.82) is 0 Å². The number of hydrogen-bond donors (Lipinski definition) is 0. The Balaban J connectivity index is 1.44. The van der Waals surface area contributed by atoms with Crippen LogP contribution in [0.3, 0.4) is 0 Å². The summed E-state index contributed by atoms with van der Waals surface area (Å²) in [5.41, 5.74) is 7.03. The monoisotopic (exact) mass is 407 g/mol. The van der Waals surface area contributed by atoms with Crippen molar-refractivity contribution >= 4 is 0 Å². The van der Waals surface area contributed by atoms with Crippen molar-refractivity contribution in [3.63, 3.8) is 0 Å². The highest BCUT2D eigenvalue weighted by molar-refractivity contribution is 5.67. The number of nitrogens with zero attached hydrogens (tertiary/aromatic N) is 5. The second kappa shape index (κ2) is 7.47. The average molecular weight is 408 g/mol. The lowest BCUT2D eigenvalue weighted by Gasteiger charge is -2.22. The minimum atomic E-state index is 0.588. The van der Waals surface area contributed by atoms with E-state index in [-0.39, 0.29) is 0 Å². The van der Waals surface area contributed by atoms with Crippen molar-refractivity contribution in [2.45, 2.75) is 45.8 Å². The summed E-state index contributed by atoms with van der Waals surface area (Å²) in [4.78, 5) is 2.58. The summed E-state index contributed by atoms with van der Waals surface area (Å²) in [6, 6.07) is 6.76. The Hall–Kier alpha value is -2.80. The Bertz CT molecular complexity index is 1080. The van der Waals surface area contributed by atoms with E-state index in [9.17, 15) is 0 Å². The van der Waals surface area contributed by atoms with Gasteiger partial charge in [-0.15, -0.1) is 0 Å². The third kappa shape index (κ3) is 3.58. The van der Waals surface area contributed by atoms with Crippen LogP contribution >= 0.6 is 0 Å². The Morgan fingerprint density at radius 2 is 1.80 bits per heavy atom. The fraction of sp³-hybridized carbons (Fsp3) is 0.478. The lowest BCUT2D eigenvalue weighted by molar-refractivity contribution is 0.171. The van der Waals surface area contributed by atoms with Crippen LogP contribution in [-0.4, -0.2) is 43.7 Å². The molecule has 0 amide bonds. The van der Waals surface area contributed by atoms with Crippen molar-refractivity contribution in [2.75, 3.05) is 13.2 Å². The predicted octanol–water partition coefficient (Wildman–Crippen LogP) is 3.37. The van der Waals surface area contributed by atoms with Gasteiger partial charge in [0.15, 0.2) is 11.5 Å². The number of rotatable bonds is 6. The SMILES string of the molecule is Cc1nn(C)c(C)c1CN(Cc1cn(C)nc1-c1ccc2c(c1)OCCO2)C1CC1. The fourth-order valence-electron chi connectivity index (χ4n) is 4.31. The first-order valence-corrected chi connectivity index (χ1v) is 10.7. The number of aryl methyl sites for hydroxylation is 3. The van der Waals surface area contributed by atoms with E-state index in [1.54, 1.807) is 0 Å². The van der Waals surface area contributed by atoms with Crippen molar-refractivity contribution in [3.05, 3.63) is 46.9 Å². The van der Waals surface area contributed by atoms with Crippen LogP contribution in [0, 0.1) is 13.8 Å². The highest BCUT2D eigenvalue weighted by atomic mass is 16.6. The molecule has 1 fully saturated rings. The molecule has 2 aromatic heterocycles. The zero-order valence-electron chi connectivity index (χ0n) is 18.2. The molecule has 3 heterocycles. The van der Waals surface area contributed by atoms with Crippen molar-refractivity contribution in [3.8, 4) is 22.8 Å². The molecule has 0 spiro atoms. The van der Waals surface area contributed by atoms with Crippen LogP contribution in [0.2, 0.25) is 0 Å². The predicted molar refractivity (Wildman–Crippen MR) is 115 cm³/mol. The van der Waals surface area contributed by atoms with Gasteiger partial charge in [0.1, 0.15) is 13.2 Å². The van der Waals surface area contributed by atoms with Crippen LogP contribution in [-0.2, 0) is 27.2 Å². The second-order valence-electron chi connectivity index (χ2n) is 8.44. The standard InChI is InChI=1S/C23H29N5O2/c1-15-20(16(2)27(4)24-15)14-28(19-6-7-19)13-18-12-26(3)25-23(18)17-5-8-21-22(11-17)30-10-9-29-21/h5,8,11-12,19H,6-7,9-10,13-14H2,1-4H3.